The van der Waals surface area contributed by atoms with E-state index in [1.165, 1.54) is 16.7 Å². The van der Waals surface area contributed by atoms with Gasteiger partial charge in [-0.1, -0.05) is 48.5 Å². The van der Waals surface area contributed by atoms with Gasteiger partial charge in [-0.2, -0.15) is 0 Å². The molecule has 0 radical (unpaired) electrons. The Labute approximate surface area is 127 Å². The quantitative estimate of drug-likeness (QED) is 0.629. The van der Waals surface area contributed by atoms with Crippen LogP contribution in [0.2, 0.25) is 0 Å². The summed E-state index contributed by atoms with van der Waals surface area (Å²) < 4.78 is 5.99. The summed E-state index contributed by atoms with van der Waals surface area (Å²) in [7, 11) is 0. The average molecular weight is 284 g/mol. The molecule has 0 aliphatic rings. The molecule has 3 nitrogen and oxygen atoms in total. The molecule has 2 aromatic carbocycles. The first-order valence-electron chi connectivity index (χ1n) is 7.37. The smallest absolute Gasteiger partial charge is 0.103 e. The van der Waals surface area contributed by atoms with Crippen LogP contribution < -0.4 is 11.3 Å². The van der Waals surface area contributed by atoms with Crippen molar-refractivity contribution >= 4 is 0 Å². The van der Waals surface area contributed by atoms with Gasteiger partial charge in [0.25, 0.3) is 0 Å². The van der Waals surface area contributed by atoms with Crippen LogP contribution in [0.1, 0.15) is 41.3 Å². The standard InChI is InChI=1S/C18H24N2O/c1-4-21-18(15-10-6-5-7-11-15)17(20-19)16-12-8-9-13(2)14(16)3/h5-12,17-18,20H,4,19H2,1-3H3. The summed E-state index contributed by atoms with van der Waals surface area (Å²) in [6.07, 6.45) is -0.110. The molecule has 2 rings (SSSR count). The molecular weight excluding hydrogens is 260 g/mol. The zero-order valence-electron chi connectivity index (χ0n) is 13.0. The van der Waals surface area contributed by atoms with E-state index in [-0.39, 0.29) is 12.1 Å². The minimum Gasteiger partial charge on any atom is -0.372 e. The number of aryl methyl sites for hydroxylation is 1. The first-order valence-corrected chi connectivity index (χ1v) is 7.37. The van der Waals surface area contributed by atoms with Crippen molar-refractivity contribution in [1.29, 1.82) is 0 Å². The third-order valence-corrected chi connectivity index (χ3v) is 3.94. The van der Waals surface area contributed by atoms with Crippen LogP contribution in [0.3, 0.4) is 0 Å². The van der Waals surface area contributed by atoms with E-state index in [9.17, 15) is 0 Å². The largest absolute Gasteiger partial charge is 0.372 e. The molecule has 0 spiro atoms. The summed E-state index contributed by atoms with van der Waals surface area (Å²) in [5, 5.41) is 0. The summed E-state index contributed by atoms with van der Waals surface area (Å²) in [4.78, 5) is 0. The summed E-state index contributed by atoms with van der Waals surface area (Å²) in [6, 6.07) is 16.4. The van der Waals surface area contributed by atoms with Crippen molar-refractivity contribution in [2.75, 3.05) is 6.61 Å². The molecule has 0 amide bonds. The Hall–Kier alpha value is -1.68. The van der Waals surface area contributed by atoms with Gasteiger partial charge in [-0.15, -0.1) is 0 Å². The van der Waals surface area contributed by atoms with Gasteiger partial charge in [-0.25, -0.2) is 5.43 Å². The van der Waals surface area contributed by atoms with Crippen molar-refractivity contribution in [3.63, 3.8) is 0 Å². The fourth-order valence-electron chi connectivity index (χ4n) is 2.66. The topological polar surface area (TPSA) is 47.3 Å². The van der Waals surface area contributed by atoms with E-state index >= 15 is 0 Å². The Morgan fingerprint density at radius 2 is 1.76 bits per heavy atom. The third-order valence-electron chi connectivity index (χ3n) is 3.94. The lowest BCUT2D eigenvalue weighted by Gasteiger charge is -2.29. The fourth-order valence-corrected chi connectivity index (χ4v) is 2.66. The molecule has 0 saturated carbocycles. The van der Waals surface area contributed by atoms with Crippen molar-refractivity contribution < 1.29 is 4.74 Å². The minimum atomic E-state index is -0.110. The number of rotatable bonds is 6. The first-order chi connectivity index (χ1) is 10.2. The van der Waals surface area contributed by atoms with Crippen LogP contribution in [0.15, 0.2) is 48.5 Å². The lowest BCUT2D eigenvalue weighted by Crippen LogP contribution is -2.34. The maximum atomic E-state index is 5.99. The number of benzene rings is 2. The maximum Gasteiger partial charge on any atom is 0.103 e. The Kier molecular flexibility index (Phi) is 5.51. The average Bonchev–Trinajstić information content (AvgIpc) is 2.52. The SMILES string of the molecule is CCOC(c1ccccc1)C(NN)c1cccc(C)c1C. The number of nitrogens with two attached hydrogens (primary N) is 1. The van der Waals surface area contributed by atoms with Gasteiger partial charge >= 0.3 is 0 Å². The van der Waals surface area contributed by atoms with E-state index in [0.29, 0.717) is 6.61 Å². The summed E-state index contributed by atoms with van der Waals surface area (Å²) >= 11 is 0. The monoisotopic (exact) mass is 284 g/mol. The number of hydrazine groups is 1. The molecular formula is C18H24N2O. The highest BCUT2D eigenvalue weighted by atomic mass is 16.5. The van der Waals surface area contributed by atoms with Gasteiger partial charge in [0.1, 0.15) is 6.10 Å². The van der Waals surface area contributed by atoms with Gasteiger partial charge in [0.2, 0.25) is 0 Å². The molecule has 0 fully saturated rings. The molecule has 2 atom stereocenters. The van der Waals surface area contributed by atoms with E-state index in [2.05, 4.69) is 49.6 Å². The zero-order chi connectivity index (χ0) is 15.2. The van der Waals surface area contributed by atoms with Crippen molar-refractivity contribution in [3.8, 4) is 0 Å². The normalized spacial score (nSPS) is 13.9. The molecule has 112 valence electrons. The van der Waals surface area contributed by atoms with E-state index in [1.807, 2.05) is 25.1 Å². The highest BCUT2D eigenvalue weighted by Gasteiger charge is 2.25. The zero-order valence-corrected chi connectivity index (χ0v) is 13.0. The molecule has 2 aromatic rings. The second-order valence-electron chi connectivity index (χ2n) is 5.22. The van der Waals surface area contributed by atoms with Crippen LogP contribution in [-0.2, 0) is 4.74 Å². The molecule has 0 aromatic heterocycles. The van der Waals surface area contributed by atoms with Gasteiger partial charge in [0.05, 0.1) is 6.04 Å². The molecule has 0 saturated heterocycles. The van der Waals surface area contributed by atoms with Crippen LogP contribution in [-0.4, -0.2) is 6.61 Å². The number of nitrogens with one attached hydrogen (secondary N) is 1. The number of hydrogen-bond donors (Lipinski definition) is 2. The van der Waals surface area contributed by atoms with Crippen LogP contribution in [0, 0.1) is 13.8 Å². The summed E-state index contributed by atoms with van der Waals surface area (Å²) in [6.45, 7) is 6.89. The summed E-state index contributed by atoms with van der Waals surface area (Å²) in [5.74, 6) is 5.86. The lowest BCUT2D eigenvalue weighted by atomic mass is 9.91. The highest BCUT2D eigenvalue weighted by molar-refractivity contribution is 5.37. The van der Waals surface area contributed by atoms with Gasteiger partial charge in [-0.05, 0) is 43.0 Å². The first kappa shape index (κ1) is 15.7. The Balaban J connectivity index is 2.43. The molecule has 2 unspecified atom stereocenters. The van der Waals surface area contributed by atoms with Crippen molar-refractivity contribution in [2.45, 2.75) is 32.9 Å². The third kappa shape index (κ3) is 3.50. The van der Waals surface area contributed by atoms with Crippen molar-refractivity contribution in [3.05, 3.63) is 70.8 Å². The molecule has 0 heterocycles. The van der Waals surface area contributed by atoms with Crippen LogP contribution >= 0.6 is 0 Å². The molecule has 0 aliphatic carbocycles. The van der Waals surface area contributed by atoms with Gasteiger partial charge in [0.15, 0.2) is 0 Å². The van der Waals surface area contributed by atoms with Crippen molar-refractivity contribution in [2.24, 2.45) is 5.84 Å². The molecule has 0 bridgehead atoms. The molecule has 3 heteroatoms. The van der Waals surface area contributed by atoms with E-state index in [1.54, 1.807) is 0 Å². The van der Waals surface area contributed by atoms with E-state index in [4.69, 9.17) is 10.6 Å². The maximum absolute atomic E-state index is 5.99. The second kappa shape index (κ2) is 7.36. The summed E-state index contributed by atoms with van der Waals surface area (Å²) in [5.41, 5.74) is 7.76. The predicted octanol–water partition coefficient (Wildman–Crippen LogP) is 3.59. The lowest BCUT2D eigenvalue weighted by molar-refractivity contribution is 0.0325. The van der Waals surface area contributed by atoms with Crippen LogP contribution in [0.25, 0.3) is 0 Å². The molecule has 21 heavy (non-hydrogen) atoms. The van der Waals surface area contributed by atoms with Gasteiger partial charge in [0, 0.05) is 6.61 Å². The number of ether oxygens (including phenoxy) is 1. The van der Waals surface area contributed by atoms with Crippen LogP contribution in [0.4, 0.5) is 0 Å². The predicted molar refractivity (Wildman–Crippen MR) is 86.8 cm³/mol. The van der Waals surface area contributed by atoms with E-state index < -0.39 is 0 Å². The Morgan fingerprint density at radius 3 is 2.38 bits per heavy atom. The van der Waals surface area contributed by atoms with E-state index in [0.717, 1.165) is 5.56 Å². The molecule has 0 aliphatic heterocycles. The van der Waals surface area contributed by atoms with Gasteiger partial charge < -0.3 is 4.74 Å². The minimum absolute atomic E-state index is 0.0766. The van der Waals surface area contributed by atoms with Crippen LogP contribution in [0.5, 0.6) is 0 Å². The van der Waals surface area contributed by atoms with Gasteiger partial charge in [-0.3, -0.25) is 5.84 Å². The molecule has 3 N–H and O–H groups in total. The van der Waals surface area contributed by atoms with Crippen molar-refractivity contribution in [1.82, 2.24) is 5.43 Å². The second-order valence-corrected chi connectivity index (χ2v) is 5.22. The highest BCUT2D eigenvalue weighted by Crippen LogP contribution is 2.33. The Morgan fingerprint density at radius 1 is 1.05 bits per heavy atom. The number of hydrogen-bond acceptors (Lipinski definition) is 3. The fraction of sp³-hybridized carbons (Fsp3) is 0.333. The Bertz CT molecular complexity index is 569.